The van der Waals surface area contributed by atoms with E-state index in [0.29, 0.717) is 38.3 Å². The lowest BCUT2D eigenvalue weighted by Crippen LogP contribution is -2.48. The van der Waals surface area contributed by atoms with Crippen molar-refractivity contribution in [1.82, 2.24) is 15.5 Å². The summed E-state index contributed by atoms with van der Waals surface area (Å²) in [6.07, 6.45) is 2.70. The van der Waals surface area contributed by atoms with Crippen molar-refractivity contribution in [2.75, 3.05) is 26.7 Å². The molecule has 2 atom stereocenters. The van der Waals surface area contributed by atoms with Gasteiger partial charge in [-0.3, -0.25) is 9.59 Å². The van der Waals surface area contributed by atoms with Crippen LogP contribution >= 0.6 is 0 Å². The fourth-order valence-electron chi connectivity index (χ4n) is 4.60. The molecule has 0 saturated carbocycles. The number of carbonyl (C=O) groups excluding carboxylic acids is 2. The maximum absolute atomic E-state index is 12.9. The number of nitrogens with one attached hydrogen (secondary N) is 2. The van der Waals surface area contributed by atoms with Gasteiger partial charge in [-0.05, 0) is 60.4 Å². The van der Waals surface area contributed by atoms with Crippen LogP contribution in [0.1, 0.15) is 82.4 Å². The highest BCUT2D eigenvalue weighted by molar-refractivity contribution is 5.79. The molecule has 0 saturated heterocycles. The molecule has 7 heteroatoms. The molecule has 2 rings (SSSR count). The van der Waals surface area contributed by atoms with Gasteiger partial charge in [0.1, 0.15) is 5.75 Å². The Morgan fingerprint density at radius 1 is 0.974 bits per heavy atom. The summed E-state index contributed by atoms with van der Waals surface area (Å²) in [5.41, 5.74) is 3.36. The second kappa shape index (κ2) is 17.6. The Morgan fingerprint density at radius 2 is 1.67 bits per heavy atom. The van der Waals surface area contributed by atoms with Crippen LogP contribution in [-0.2, 0) is 22.6 Å². The number of hydrogen-bond donors (Lipinski definition) is 3. The SMILES string of the molecule is CCCN(CCC)C(=O)CCCC(=O)N[C@@H](Cc1ccc(C(C)C)cc1)[C@H](O)CNCc1cccc(OC)c1. The van der Waals surface area contributed by atoms with E-state index in [0.717, 1.165) is 42.8 Å². The van der Waals surface area contributed by atoms with Gasteiger partial charge in [0.05, 0.1) is 19.3 Å². The van der Waals surface area contributed by atoms with Crippen molar-refractivity contribution in [1.29, 1.82) is 0 Å². The zero-order valence-corrected chi connectivity index (χ0v) is 24.5. The van der Waals surface area contributed by atoms with Gasteiger partial charge in [-0.15, -0.1) is 0 Å². The Hall–Kier alpha value is -2.90. The quantitative estimate of drug-likeness (QED) is 0.253. The van der Waals surface area contributed by atoms with Crippen LogP contribution in [0.2, 0.25) is 0 Å². The molecule has 0 aliphatic rings. The average molecular weight is 540 g/mol. The topological polar surface area (TPSA) is 90.9 Å². The molecule has 0 spiro atoms. The molecule has 216 valence electrons. The molecule has 0 bridgehead atoms. The number of hydrogen-bond acceptors (Lipinski definition) is 5. The van der Waals surface area contributed by atoms with Crippen molar-refractivity contribution < 1.29 is 19.4 Å². The van der Waals surface area contributed by atoms with Crippen molar-refractivity contribution in [2.24, 2.45) is 0 Å². The van der Waals surface area contributed by atoms with Crippen LogP contribution in [0, 0.1) is 0 Å². The van der Waals surface area contributed by atoms with Gasteiger partial charge in [0, 0.05) is 39.0 Å². The number of carbonyl (C=O) groups is 2. The zero-order chi connectivity index (χ0) is 28.6. The largest absolute Gasteiger partial charge is 0.497 e. The highest BCUT2D eigenvalue weighted by Crippen LogP contribution is 2.17. The Kier molecular flexibility index (Phi) is 14.6. The lowest BCUT2D eigenvalue weighted by molar-refractivity contribution is -0.131. The molecule has 0 unspecified atom stereocenters. The van der Waals surface area contributed by atoms with Gasteiger partial charge in [-0.1, -0.05) is 64.1 Å². The monoisotopic (exact) mass is 539 g/mol. The maximum Gasteiger partial charge on any atom is 0.222 e. The maximum atomic E-state index is 12.9. The molecule has 2 amide bonds. The Labute approximate surface area is 235 Å². The molecule has 0 heterocycles. The van der Waals surface area contributed by atoms with Crippen molar-refractivity contribution in [3.05, 3.63) is 65.2 Å². The highest BCUT2D eigenvalue weighted by atomic mass is 16.5. The van der Waals surface area contributed by atoms with E-state index in [4.69, 9.17) is 4.74 Å². The van der Waals surface area contributed by atoms with Crippen molar-refractivity contribution in [3.63, 3.8) is 0 Å². The minimum Gasteiger partial charge on any atom is -0.497 e. The molecule has 0 radical (unpaired) electrons. The molecular formula is C32H49N3O4. The zero-order valence-electron chi connectivity index (χ0n) is 24.5. The first-order valence-corrected chi connectivity index (χ1v) is 14.4. The smallest absolute Gasteiger partial charge is 0.222 e. The van der Waals surface area contributed by atoms with E-state index in [-0.39, 0.29) is 18.2 Å². The average Bonchev–Trinajstić information content (AvgIpc) is 2.92. The van der Waals surface area contributed by atoms with Gasteiger partial charge in [0.15, 0.2) is 0 Å². The predicted molar refractivity (Wildman–Crippen MR) is 158 cm³/mol. The van der Waals surface area contributed by atoms with Crippen LogP contribution in [0.3, 0.4) is 0 Å². The van der Waals surface area contributed by atoms with Crippen LogP contribution in [-0.4, -0.2) is 60.7 Å². The Morgan fingerprint density at radius 3 is 2.28 bits per heavy atom. The van der Waals surface area contributed by atoms with E-state index < -0.39 is 12.1 Å². The highest BCUT2D eigenvalue weighted by Gasteiger charge is 2.22. The number of ether oxygens (including phenoxy) is 1. The number of aliphatic hydroxyl groups is 1. The molecule has 0 aromatic heterocycles. The van der Waals surface area contributed by atoms with E-state index in [1.54, 1.807) is 7.11 Å². The van der Waals surface area contributed by atoms with Crippen LogP contribution in [0.25, 0.3) is 0 Å². The van der Waals surface area contributed by atoms with Crippen molar-refractivity contribution >= 4 is 11.8 Å². The second-order valence-electron chi connectivity index (χ2n) is 10.6. The Bertz CT molecular complexity index is 987. The van der Waals surface area contributed by atoms with E-state index in [2.05, 4.69) is 62.6 Å². The standard InChI is InChI=1S/C32H49N3O4/c1-6-18-35(19-7-2)32(38)13-9-12-31(37)34-29(21-25-14-16-27(17-15-25)24(3)4)30(36)23-33-22-26-10-8-11-28(20-26)39-5/h8,10-11,14-17,20,24,29-30,33,36H,6-7,9,12-13,18-19,21-23H2,1-5H3,(H,34,37)/t29-,30+/m0/s1. The summed E-state index contributed by atoms with van der Waals surface area (Å²) in [7, 11) is 1.64. The predicted octanol–water partition coefficient (Wildman–Crippen LogP) is 4.82. The van der Waals surface area contributed by atoms with E-state index >= 15 is 0 Å². The number of methoxy groups -OCH3 is 1. The van der Waals surface area contributed by atoms with Crippen LogP contribution in [0.5, 0.6) is 5.75 Å². The first kappa shape index (κ1) is 32.3. The van der Waals surface area contributed by atoms with E-state index in [1.165, 1.54) is 5.56 Å². The van der Waals surface area contributed by atoms with Crippen molar-refractivity contribution in [2.45, 2.75) is 90.8 Å². The van der Waals surface area contributed by atoms with Gasteiger partial charge >= 0.3 is 0 Å². The van der Waals surface area contributed by atoms with Crippen LogP contribution in [0.15, 0.2) is 48.5 Å². The summed E-state index contributed by atoms with van der Waals surface area (Å²) in [5, 5.41) is 17.4. The molecule has 0 aliphatic carbocycles. The third-order valence-electron chi connectivity index (χ3n) is 6.86. The van der Waals surface area contributed by atoms with Gasteiger partial charge < -0.3 is 25.4 Å². The van der Waals surface area contributed by atoms with Gasteiger partial charge in [-0.25, -0.2) is 0 Å². The molecule has 2 aromatic carbocycles. The fraction of sp³-hybridized carbons (Fsp3) is 0.562. The fourth-order valence-corrected chi connectivity index (χ4v) is 4.60. The molecular weight excluding hydrogens is 490 g/mol. The number of aliphatic hydroxyl groups excluding tert-OH is 1. The summed E-state index contributed by atoms with van der Waals surface area (Å²) >= 11 is 0. The number of amides is 2. The summed E-state index contributed by atoms with van der Waals surface area (Å²) in [6, 6.07) is 15.7. The minimum atomic E-state index is -0.782. The third-order valence-corrected chi connectivity index (χ3v) is 6.86. The van der Waals surface area contributed by atoms with Crippen LogP contribution < -0.4 is 15.4 Å². The van der Waals surface area contributed by atoms with Crippen molar-refractivity contribution in [3.8, 4) is 5.75 Å². The molecule has 7 nitrogen and oxygen atoms in total. The lowest BCUT2D eigenvalue weighted by Gasteiger charge is -2.25. The van der Waals surface area contributed by atoms with Gasteiger partial charge in [0.25, 0.3) is 0 Å². The first-order valence-electron chi connectivity index (χ1n) is 14.4. The third kappa shape index (κ3) is 11.8. The summed E-state index contributed by atoms with van der Waals surface area (Å²) in [4.78, 5) is 27.3. The molecule has 2 aromatic rings. The van der Waals surface area contributed by atoms with E-state index in [9.17, 15) is 14.7 Å². The normalized spacial score (nSPS) is 12.7. The van der Waals surface area contributed by atoms with Gasteiger partial charge in [-0.2, -0.15) is 0 Å². The lowest BCUT2D eigenvalue weighted by atomic mass is 9.97. The number of nitrogens with zero attached hydrogens (tertiary/aromatic N) is 1. The summed E-state index contributed by atoms with van der Waals surface area (Å²) < 4.78 is 5.29. The summed E-state index contributed by atoms with van der Waals surface area (Å²) in [6.45, 7) is 10.9. The molecule has 0 aliphatic heterocycles. The number of benzene rings is 2. The molecule has 3 N–H and O–H groups in total. The summed E-state index contributed by atoms with van der Waals surface area (Å²) in [5.74, 6) is 1.19. The van der Waals surface area contributed by atoms with Gasteiger partial charge in [0.2, 0.25) is 11.8 Å². The molecule has 0 fully saturated rings. The number of rotatable bonds is 18. The molecule has 39 heavy (non-hydrogen) atoms. The minimum absolute atomic E-state index is 0.107. The first-order chi connectivity index (χ1) is 18.8. The Balaban J connectivity index is 1.97. The van der Waals surface area contributed by atoms with E-state index in [1.807, 2.05) is 29.2 Å². The van der Waals surface area contributed by atoms with Crippen LogP contribution in [0.4, 0.5) is 0 Å². The second-order valence-corrected chi connectivity index (χ2v) is 10.6.